The van der Waals surface area contributed by atoms with Crippen molar-refractivity contribution >= 4 is 5.78 Å². The quantitative estimate of drug-likeness (QED) is 0.810. The molecule has 0 spiro atoms. The number of hydrogen-bond donors (Lipinski definition) is 1. The van der Waals surface area contributed by atoms with Gasteiger partial charge in [0.2, 0.25) is 0 Å². The summed E-state index contributed by atoms with van der Waals surface area (Å²) in [6.45, 7) is 8.54. The number of aliphatic hydroxyl groups is 1. The summed E-state index contributed by atoms with van der Waals surface area (Å²) in [5.74, 6) is 1.46. The topological polar surface area (TPSA) is 37.3 Å². The van der Waals surface area contributed by atoms with Gasteiger partial charge in [-0.3, -0.25) is 4.79 Å². The number of carbonyl (C=O) groups is 1. The lowest BCUT2D eigenvalue weighted by Crippen LogP contribution is -2.52. The number of fused-ring (bicyclic) bond motifs is 2. The normalized spacial score (nSPS) is 35.9. The minimum Gasteiger partial charge on any atom is -0.390 e. The van der Waals surface area contributed by atoms with Crippen LogP contribution in [0.1, 0.15) is 72.6 Å². The molecule has 0 radical (unpaired) electrons. The molecule has 0 bridgehead atoms. The Hall–Kier alpha value is -0.890. The third-order valence-electron chi connectivity index (χ3n) is 6.96. The van der Waals surface area contributed by atoms with Crippen molar-refractivity contribution in [1.29, 1.82) is 0 Å². The molecule has 0 aromatic heterocycles. The zero-order valence-corrected chi connectivity index (χ0v) is 14.5. The van der Waals surface area contributed by atoms with Gasteiger partial charge in [-0.1, -0.05) is 25.8 Å². The molecule has 0 heterocycles. The lowest BCUT2D eigenvalue weighted by Gasteiger charge is -2.55. The maximum Gasteiger partial charge on any atom is 0.156 e. The van der Waals surface area contributed by atoms with Crippen molar-refractivity contribution in [3.05, 3.63) is 22.8 Å². The van der Waals surface area contributed by atoms with E-state index in [1.165, 1.54) is 11.1 Å². The van der Waals surface area contributed by atoms with E-state index in [4.69, 9.17) is 0 Å². The molecular weight excluding hydrogens is 272 g/mol. The van der Waals surface area contributed by atoms with Gasteiger partial charge in [0, 0.05) is 6.42 Å². The Labute approximate surface area is 134 Å². The van der Waals surface area contributed by atoms with Crippen LogP contribution < -0.4 is 0 Å². The zero-order valence-electron chi connectivity index (χ0n) is 14.5. The van der Waals surface area contributed by atoms with E-state index in [2.05, 4.69) is 13.8 Å². The van der Waals surface area contributed by atoms with Crippen molar-refractivity contribution in [2.75, 3.05) is 0 Å². The van der Waals surface area contributed by atoms with Gasteiger partial charge in [-0.25, -0.2) is 0 Å². The van der Waals surface area contributed by atoms with E-state index < -0.39 is 5.60 Å². The van der Waals surface area contributed by atoms with Crippen LogP contribution in [0, 0.1) is 17.3 Å². The largest absolute Gasteiger partial charge is 0.390 e. The van der Waals surface area contributed by atoms with Crippen LogP contribution in [0.5, 0.6) is 0 Å². The van der Waals surface area contributed by atoms with Gasteiger partial charge in [-0.2, -0.15) is 0 Å². The van der Waals surface area contributed by atoms with Gasteiger partial charge < -0.3 is 5.11 Å². The van der Waals surface area contributed by atoms with Crippen LogP contribution >= 0.6 is 0 Å². The van der Waals surface area contributed by atoms with Gasteiger partial charge in [0.05, 0.1) is 5.60 Å². The number of allylic oxidation sites excluding steroid dienone is 4. The Morgan fingerprint density at radius 3 is 2.64 bits per heavy atom. The van der Waals surface area contributed by atoms with Crippen LogP contribution in [-0.2, 0) is 4.79 Å². The molecule has 1 saturated carbocycles. The highest BCUT2D eigenvalue weighted by molar-refractivity contribution is 5.93. The monoisotopic (exact) mass is 302 g/mol. The summed E-state index contributed by atoms with van der Waals surface area (Å²) < 4.78 is 0. The molecular formula is C20H30O2. The summed E-state index contributed by atoms with van der Waals surface area (Å²) >= 11 is 0. The second-order valence-electron chi connectivity index (χ2n) is 8.28. The molecule has 1 fully saturated rings. The van der Waals surface area contributed by atoms with Crippen molar-refractivity contribution in [3.8, 4) is 0 Å². The van der Waals surface area contributed by atoms with Crippen molar-refractivity contribution < 1.29 is 9.90 Å². The smallest absolute Gasteiger partial charge is 0.156 e. The van der Waals surface area contributed by atoms with Crippen molar-refractivity contribution in [2.24, 2.45) is 17.3 Å². The first-order chi connectivity index (χ1) is 10.3. The molecule has 1 N–H and O–H groups in total. The summed E-state index contributed by atoms with van der Waals surface area (Å²) in [7, 11) is 0. The molecule has 0 unspecified atom stereocenters. The Balaban J connectivity index is 2.01. The van der Waals surface area contributed by atoms with Crippen molar-refractivity contribution in [1.82, 2.24) is 0 Å². The highest BCUT2D eigenvalue weighted by Gasteiger charge is 2.52. The molecule has 3 aliphatic rings. The predicted molar refractivity (Wildman–Crippen MR) is 89.5 cm³/mol. The minimum atomic E-state index is -0.636. The molecule has 0 amide bonds. The number of ketones is 1. The third-order valence-corrected chi connectivity index (χ3v) is 6.96. The van der Waals surface area contributed by atoms with E-state index in [0.29, 0.717) is 24.0 Å². The van der Waals surface area contributed by atoms with E-state index in [9.17, 15) is 9.90 Å². The Kier molecular flexibility index (Phi) is 3.87. The van der Waals surface area contributed by atoms with Gasteiger partial charge in [-0.05, 0) is 80.4 Å². The highest BCUT2D eigenvalue weighted by Crippen LogP contribution is 2.58. The van der Waals surface area contributed by atoms with E-state index >= 15 is 0 Å². The van der Waals surface area contributed by atoms with Crippen molar-refractivity contribution in [3.63, 3.8) is 0 Å². The van der Waals surface area contributed by atoms with Gasteiger partial charge in [0.15, 0.2) is 5.78 Å². The SMILES string of the molecule is CC[C@H]1[C@@H]2CCC3=CC(=O)CCC3=C2CC[C@]1(C)C(C)(C)O. The van der Waals surface area contributed by atoms with Gasteiger partial charge in [-0.15, -0.1) is 0 Å². The lowest BCUT2D eigenvalue weighted by atomic mass is 9.51. The average molecular weight is 302 g/mol. The lowest BCUT2D eigenvalue weighted by molar-refractivity contribution is -0.115. The number of hydrogen-bond acceptors (Lipinski definition) is 2. The predicted octanol–water partition coefficient (Wildman–Crippen LogP) is 4.58. The third kappa shape index (κ3) is 2.31. The maximum atomic E-state index is 11.7. The van der Waals surface area contributed by atoms with Crippen LogP contribution in [0.4, 0.5) is 0 Å². The number of rotatable bonds is 2. The fraction of sp³-hybridized carbons (Fsp3) is 0.750. The molecule has 2 nitrogen and oxygen atoms in total. The molecule has 0 aromatic rings. The summed E-state index contributed by atoms with van der Waals surface area (Å²) in [6, 6.07) is 0. The summed E-state index contributed by atoms with van der Waals surface area (Å²) in [5, 5.41) is 10.8. The van der Waals surface area contributed by atoms with E-state index in [1.54, 1.807) is 5.57 Å². The van der Waals surface area contributed by atoms with Crippen LogP contribution in [0.25, 0.3) is 0 Å². The van der Waals surface area contributed by atoms with Gasteiger partial charge >= 0.3 is 0 Å². The minimum absolute atomic E-state index is 0.0117. The van der Waals surface area contributed by atoms with Crippen LogP contribution in [0.15, 0.2) is 22.8 Å². The molecule has 3 atom stereocenters. The van der Waals surface area contributed by atoms with E-state index in [0.717, 1.165) is 38.5 Å². The number of carbonyl (C=O) groups excluding carboxylic acids is 1. The van der Waals surface area contributed by atoms with Crippen LogP contribution in [-0.4, -0.2) is 16.5 Å². The molecule has 2 heteroatoms. The van der Waals surface area contributed by atoms with Gasteiger partial charge in [0.1, 0.15) is 0 Å². The standard InChI is InChI=1S/C20H30O2/c1-5-18-17-8-6-13-12-14(21)7-9-15(13)16(17)10-11-20(18,4)19(2,3)22/h12,17-18,22H,5-11H2,1-4H3/t17-,18+,20+/m1/s1. The fourth-order valence-electron chi connectivity index (χ4n) is 5.36. The highest BCUT2D eigenvalue weighted by atomic mass is 16.3. The molecule has 0 saturated heterocycles. The Morgan fingerprint density at radius 2 is 2.00 bits per heavy atom. The fourth-order valence-corrected chi connectivity index (χ4v) is 5.36. The van der Waals surface area contributed by atoms with E-state index in [1.807, 2.05) is 19.9 Å². The summed E-state index contributed by atoms with van der Waals surface area (Å²) in [6.07, 6.45) is 9.04. The second kappa shape index (κ2) is 5.33. The first kappa shape index (κ1) is 16.0. The molecule has 3 rings (SSSR count). The maximum absolute atomic E-state index is 11.7. The first-order valence-corrected chi connectivity index (χ1v) is 8.96. The van der Waals surface area contributed by atoms with Crippen LogP contribution in [0.3, 0.4) is 0 Å². The van der Waals surface area contributed by atoms with E-state index in [-0.39, 0.29) is 5.41 Å². The molecule has 122 valence electrons. The second-order valence-corrected chi connectivity index (χ2v) is 8.28. The van der Waals surface area contributed by atoms with Gasteiger partial charge in [0.25, 0.3) is 0 Å². The first-order valence-electron chi connectivity index (χ1n) is 8.96. The molecule has 22 heavy (non-hydrogen) atoms. The zero-order chi connectivity index (χ0) is 16.1. The Morgan fingerprint density at radius 1 is 1.27 bits per heavy atom. The van der Waals surface area contributed by atoms with Crippen molar-refractivity contribution in [2.45, 2.75) is 78.2 Å². The Bertz CT molecular complexity index is 547. The summed E-state index contributed by atoms with van der Waals surface area (Å²) in [5.41, 5.74) is 3.81. The van der Waals surface area contributed by atoms with Crippen LogP contribution in [0.2, 0.25) is 0 Å². The summed E-state index contributed by atoms with van der Waals surface area (Å²) in [4.78, 5) is 11.7. The molecule has 0 aliphatic heterocycles. The average Bonchev–Trinajstić information content (AvgIpc) is 2.45. The molecule has 3 aliphatic carbocycles. The molecule has 0 aromatic carbocycles.